The molecule has 2 aromatic carbocycles. The van der Waals surface area contributed by atoms with E-state index in [4.69, 9.17) is 9.05 Å². The number of nitrogens with zero attached hydrogens (tertiary/aromatic N) is 1. The van der Waals surface area contributed by atoms with Crippen LogP contribution in [-0.2, 0) is 4.57 Å². The molecule has 1 heterocycles. The SMILES string of the molecule is O=P(Nc1ccccn1)(Oc1ccccc1F)Oc1ccccc1F. The molecule has 0 aliphatic carbocycles. The number of nitrogens with one attached hydrogen (secondary N) is 1. The normalized spacial score (nSPS) is 11.0. The maximum Gasteiger partial charge on any atom is 0.543 e. The van der Waals surface area contributed by atoms with Gasteiger partial charge in [0.2, 0.25) is 0 Å². The van der Waals surface area contributed by atoms with Crippen molar-refractivity contribution < 1.29 is 22.4 Å². The van der Waals surface area contributed by atoms with Gasteiger partial charge in [-0.15, -0.1) is 0 Å². The minimum atomic E-state index is -4.23. The van der Waals surface area contributed by atoms with Crippen LogP contribution in [0.25, 0.3) is 0 Å². The molecular weight excluding hydrogens is 349 g/mol. The van der Waals surface area contributed by atoms with Gasteiger partial charge in [-0.1, -0.05) is 30.3 Å². The largest absolute Gasteiger partial charge is 0.543 e. The second kappa shape index (κ2) is 7.32. The lowest BCUT2D eigenvalue weighted by molar-refractivity contribution is 0.373. The van der Waals surface area contributed by atoms with Gasteiger partial charge in [-0.2, -0.15) is 0 Å². The number of benzene rings is 2. The zero-order valence-corrected chi connectivity index (χ0v) is 13.7. The van der Waals surface area contributed by atoms with Crippen molar-refractivity contribution in [2.24, 2.45) is 0 Å². The Labute approximate surface area is 142 Å². The van der Waals surface area contributed by atoms with E-state index in [1.807, 2.05) is 0 Å². The van der Waals surface area contributed by atoms with Gasteiger partial charge in [0.15, 0.2) is 23.1 Å². The van der Waals surface area contributed by atoms with Crippen LogP contribution in [-0.4, -0.2) is 4.98 Å². The fraction of sp³-hybridized carbons (Fsp3) is 0. The molecule has 0 aliphatic heterocycles. The monoisotopic (exact) mass is 362 g/mol. The summed E-state index contributed by atoms with van der Waals surface area (Å²) in [4.78, 5) is 3.96. The van der Waals surface area contributed by atoms with E-state index < -0.39 is 19.4 Å². The highest BCUT2D eigenvalue weighted by Gasteiger charge is 2.31. The first kappa shape index (κ1) is 16.9. The summed E-state index contributed by atoms with van der Waals surface area (Å²) in [6.07, 6.45) is 1.46. The second-order valence-electron chi connectivity index (χ2n) is 4.87. The summed E-state index contributed by atoms with van der Waals surface area (Å²) in [6, 6.07) is 15.6. The molecule has 0 bridgehead atoms. The molecule has 25 heavy (non-hydrogen) atoms. The minimum Gasteiger partial charge on any atom is -0.397 e. The molecule has 0 spiro atoms. The highest BCUT2D eigenvalue weighted by atomic mass is 31.2. The zero-order chi connectivity index (χ0) is 17.7. The first-order valence-corrected chi connectivity index (χ1v) is 8.78. The van der Waals surface area contributed by atoms with Crippen LogP contribution in [0.2, 0.25) is 0 Å². The molecule has 3 rings (SSSR count). The Kier molecular flexibility index (Phi) is 4.95. The van der Waals surface area contributed by atoms with E-state index in [1.165, 1.54) is 48.7 Å². The average Bonchev–Trinajstić information content (AvgIpc) is 2.60. The molecule has 0 saturated heterocycles. The molecule has 3 aromatic rings. The summed E-state index contributed by atoms with van der Waals surface area (Å²) in [5, 5.41) is 2.47. The maximum absolute atomic E-state index is 13.9. The van der Waals surface area contributed by atoms with Crippen molar-refractivity contribution in [3.63, 3.8) is 0 Å². The van der Waals surface area contributed by atoms with Crippen LogP contribution in [0.4, 0.5) is 14.6 Å². The van der Waals surface area contributed by atoms with Crippen molar-refractivity contribution in [1.82, 2.24) is 4.98 Å². The van der Waals surface area contributed by atoms with Crippen molar-refractivity contribution in [3.05, 3.63) is 84.6 Å². The van der Waals surface area contributed by atoms with Gasteiger partial charge in [-0.25, -0.2) is 18.3 Å². The number of halogens is 2. The summed E-state index contributed by atoms with van der Waals surface area (Å²) < 4.78 is 51.3. The lowest BCUT2D eigenvalue weighted by Gasteiger charge is -2.21. The topological polar surface area (TPSA) is 60.5 Å². The van der Waals surface area contributed by atoms with Crippen LogP contribution in [0.5, 0.6) is 11.5 Å². The molecule has 1 N–H and O–H groups in total. The molecule has 1 aromatic heterocycles. The van der Waals surface area contributed by atoms with Crippen molar-refractivity contribution in [2.75, 3.05) is 5.09 Å². The predicted octanol–water partition coefficient (Wildman–Crippen LogP) is 5.04. The van der Waals surface area contributed by atoms with Gasteiger partial charge in [0.1, 0.15) is 5.82 Å². The predicted molar refractivity (Wildman–Crippen MR) is 89.5 cm³/mol. The van der Waals surface area contributed by atoms with E-state index in [9.17, 15) is 13.3 Å². The Morgan fingerprint density at radius 3 is 1.80 bits per heavy atom. The molecule has 0 aliphatic rings. The van der Waals surface area contributed by atoms with Crippen LogP contribution < -0.4 is 14.1 Å². The van der Waals surface area contributed by atoms with Gasteiger partial charge in [0.05, 0.1) is 0 Å². The summed E-state index contributed by atoms with van der Waals surface area (Å²) >= 11 is 0. The molecule has 0 amide bonds. The van der Waals surface area contributed by atoms with Crippen LogP contribution in [0, 0.1) is 11.6 Å². The molecule has 5 nitrogen and oxygen atoms in total. The third kappa shape index (κ3) is 4.33. The fourth-order valence-corrected chi connectivity index (χ4v) is 3.29. The maximum atomic E-state index is 13.9. The van der Waals surface area contributed by atoms with E-state index in [2.05, 4.69) is 10.1 Å². The first-order chi connectivity index (χ1) is 12.1. The molecular formula is C17H13F2N2O3P. The molecule has 0 fully saturated rings. The molecule has 8 heteroatoms. The van der Waals surface area contributed by atoms with E-state index in [1.54, 1.807) is 12.1 Å². The summed E-state index contributed by atoms with van der Waals surface area (Å²) in [5.41, 5.74) is 0. The van der Waals surface area contributed by atoms with Crippen molar-refractivity contribution >= 4 is 13.6 Å². The Bertz CT molecular complexity index is 858. The number of pyridine rings is 1. The Balaban J connectivity index is 1.94. The Morgan fingerprint density at radius 1 is 0.800 bits per heavy atom. The number of hydrogen-bond acceptors (Lipinski definition) is 4. The molecule has 0 atom stereocenters. The number of anilines is 1. The Morgan fingerprint density at radius 2 is 1.32 bits per heavy atom. The summed E-state index contributed by atoms with van der Waals surface area (Å²) in [6.45, 7) is 0. The van der Waals surface area contributed by atoms with Crippen molar-refractivity contribution in [1.29, 1.82) is 0 Å². The van der Waals surface area contributed by atoms with Gasteiger partial charge in [0.25, 0.3) is 0 Å². The minimum absolute atomic E-state index is 0.165. The van der Waals surface area contributed by atoms with Gasteiger partial charge >= 0.3 is 7.75 Å². The molecule has 0 saturated carbocycles. The van der Waals surface area contributed by atoms with Gasteiger partial charge in [-0.3, -0.25) is 5.09 Å². The fourth-order valence-electron chi connectivity index (χ4n) is 1.93. The quantitative estimate of drug-likeness (QED) is 0.623. The van der Waals surface area contributed by atoms with E-state index >= 15 is 0 Å². The summed E-state index contributed by atoms with van der Waals surface area (Å²) in [5.74, 6) is -1.90. The Hall–Kier alpha value is -2.92. The smallest absolute Gasteiger partial charge is 0.397 e. The van der Waals surface area contributed by atoms with Crippen LogP contribution in [0.15, 0.2) is 72.9 Å². The van der Waals surface area contributed by atoms with Gasteiger partial charge in [0, 0.05) is 6.20 Å². The number of rotatable bonds is 6. The highest BCUT2D eigenvalue weighted by molar-refractivity contribution is 7.56. The zero-order valence-electron chi connectivity index (χ0n) is 12.8. The summed E-state index contributed by atoms with van der Waals surface area (Å²) in [7, 11) is -4.23. The lowest BCUT2D eigenvalue weighted by Crippen LogP contribution is -2.11. The van der Waals surface area contributed by atoms with Crippen molar-refractivity contribution in [3.8, 4) is 11.5 Å². The van der Waals surface area contributed by atoms with E-state index in [0.717, 1.165) is 12.1 Å². The first-order valence-electron chi connectivity index (χ1n) is 7.23. The van der Waals surface area contributed by atoms with Crippen LogP contribution in [0.1, 0.15) is 0 Å². The molecule has 0 radical (unpaired) electrons. The highest BCUT2D eigenvalue weighted by Crippen LogP contribution is 2.48. The third-order valence-corrected chi connectivity index (χ3v) is 4.40. The lowest BCUT2D eigenvalue weighted by atomic mass is 10.3. The van der Waals surface area contributed by atoms with Gasteiger partial charge < -0.3 is 9.05 Å². The van der Waals surface area contributed by atoms with Crippen molar-refractivity contribution in [2.45, 2.75) is 0 Å². The average molecular weight is 362 g/mol. The van der Waals surface area contributed by atoms with Crippen LogP contribution >= 0.6 is 7.75 Å². The molecule has 128 valence electrons. The second-order valence-corrected chi connectivity index (χ2v) is 6.45. The number of hydrogen-bond donors (Lipinski definition) is 1. The van der Waals surface area contributed by atoms with E-state index in [0.29, 0.717) is 0 Å². The number of aromatic nitrogens is 1. The van der Waals surface area contributed by atoms with Crippen LogP contribution in [0.3, 0.4) is 0 Å². The third-order valence-electron chi connectivity index (χ3n) is 3.03. The number of para-hydroxylation sites is 2. The van der Waals surface area contributed by atoms with Gasteiger partial charge in [-0.05, 0) is 36.4 Å². The standard InChI is InChI=1S/C17H13F2N2O3P/c18-13-7-1-3-9-15(13)23-25(22,21-17-11-5-6-12-20-17)24-16-10-4-2-8-14(16)19/h1-12H,(H,20,21,22). The van der Waals surface area contributed by atoms with E-state index in [-0.39, 0.29) is 17.3 Å². The molecule has 0 unspecified atom stereocenters.